The number of aromatic nitrogens is 2. The lowest BCUT2D eigenvalue weighted by Gasteiger charge is -2.25. The molecule has 0 fully saturated rings. The van der Waals surface area contributed by atoms with Gasteiger partial charge in [-0.2, -0.15) is 5.10 Å². The molecule has 7 heteroatoms. The monoisotopic (exact) mass is 359 g/mol. The van der Waals surface area contributed by atoms with E-state index in [4.69, 9.17) is 5.11 Å². The molecule has 0 radical (unpaired) electrons. The number of hydrogen-bond donors (Lipinski definition) is 2. The highest BCUT2D eigenvalue weighted by atomic mass is 16.4. The van der Waals surface area contributed by atoms with Crippen molar-refractivity contribution in [2.75, 3.05) is 0 Å². The SMILES string of the molecule is CC(C)Cn1nc(C(=O)NC(C)(C)CCC(=O)O)c2ccccc2c1=O. The van der Waals surface area contributed by atoms with Gasteiger partial charge in [0.15, 0.2) is 5.69 Å². The van der Waals surface area contributed by atoms with Crippen molar-refractivity contribution >= 4 is 22.6 Å². The third kappa shape index (κ3) is 4.68. The fraction of sp³-hybridized carbons (Fsp3) is 0.474. The number of carbonyl (C=O) groups excluding carboxylic acids is 1. The van der Waals surface area contributed by atoms with E-state index in [1.54, 1.807) is 38.1 Å². The molecule has 0 spiro atoms. The zero-order valence-electron chi connectivity index (χ0n) is 15.6. The van der Waals surface area contributed by atoms with Crippen molar-refractivity contribution in [1.29, 1.82) is 0 Å². The summed E-state index contributed by atoms with van der Waals surface area (Å²) in [6.45, 7) is 7.88. The summed E-state index contributed by atoms with van der Waals surface area (Å²) in [6, 6.07) is 6.88. The molecule has 1 amide bonds. The second-order valence-electron chi connectivity index (χ2n) is 7.51. The van der Waals surface area contributed by atoms with E-state index in [0.717, 1.165) is 0 Å². The predicted octanol–water partition coefficient (Wildman–Crippen LogP) is 2.43. The highest BCUT2D eigenvalue weighted by Gasteiger charge is 2.25. The first-order valence-electron chi connectivity index (χ1n) is 8.65. The topological polar surface area (TPSA) is 101 Å². The number of amides is 1. The van der Waals surface area contributed by atoms with Crippen LogP contribution in [0.1, 0.15) is 51.0 Å². The number of fused-ring (bicyclic) bond motifs is 1. The largest absolute Gasteiger partial charge is 0.481 e. The molecule has 1 aromatic carbocycles. The number of rotatable bonds is 7. The van der Waals surface area contributed by atoms with Crippen molar-refractivity contribution in [3.8, 4) is 0 Å². The van der Waals surface area contributed by atoms with Crippen LogP contribution in [0.3, 0.4) is 0 Å². The van der Waals surface area contributed by atoms with E-state index >= 15 is 0 Å². The molecule has 2 rings (SSSR count). The van der Waals surface area contributed by atoms with Gasteiger partial charge in [0.05, 0.1) is 5.39 Å². The maximum atomic E-state index is 12.8. The van der Waals surface area contributed by atoms with Gasteiger partial charge in [-0.05, 0) is 32.3 Å². The first-order chi connectivity index (χ1) is 12.1. The van der Waals surface area contributed by atoms with Crippen molar-refractivity contribution < 1.29 is 14.7 Å². The smallest absolute Gasteiger partial charge is 0.303 e. The number of carboxylic acids is 1. The third-order valence-corrected chi connectivity index (χ3v) is 4.04. The van der Waals surface area contributed by atoms with Crippen LogP contribution in [-0.2, 0) is 11.3 Å². The van der Waals surface area contributed by atoms with Crippen LogP contribution in [-0.4, -0.2) is 32.3 Å². The van der Waals surface area contributed by atoms with Crippen LogP contribution < -0.4 is 10.9 Å². The minimum Gasteiger partial charge on any atom is -0.481 e. The fourth-order valence-corrected chi connectivity index (χ4v) is 2.72. The number of hydrogen-bond acceptors (Lipinski definition) is 4. The highest BCUT2D eigenvalue weighted by molar-refractivity contribution is 6.05. The first-order valence-corrected chi connectivity index (χ1v) is 8.65. The Morgan fingerprint density at radius 1 is 1.23 bits per heavy atom. The Morgan fingerprint density at radius 2 is 1.85 bits per heavy atom. The molecule has 0 aliphatic heterocycles. The van der Waals surface area contributed by atoms with E-state index < -0.39 is 17.4 Å². The standard InChI is InChI=1S/C19H25N3O4/c1-12(2)11-22-18(26)14-8-6-5-7-13(14)16(21-22)17(25)20-19(3,4)10-9-15(23)24/h5-8,12H,9-11H2,1-4H3,(H,20,25)(H,23,24). The third-order valence-electron chi connectivity index (χ3n) is 4.04. The molecule has 0 saturated heterocycles. The summed E-state index contributed by atoms with van der Waals surface area (Å²) in [6.07, 6.45) is 0.242. The van der Waals surface area contributed by atoms with Crippen LogP contribution >= 0.6 is 0 Å². The maximum absolute atomic E-state index is 12.8. The van der Waals surface area contributed by atoms with Gasteiger partial charge in [0.1, 0.15) is 0 Å². The molecule has 0 aliphatic rings. The molecule has 2 N–H and O–H groups in total. The van der Waals surface area contributed by atoms with Crippen molar-refractivity contribution in [2.24, 2.45) is 5.92 Å². The van der Waals surface area contributed by atoms with Crippen LogP contribution in [0.15, 0.2) is 29.1 Å². The molecule has 1 aromatic heterocycles. The van der Waals surface area contributed by atoms with Crippen molar-refractivity contribution in [1.82, 2.24) is 15.1 Å². The van der Waals surface area contributed by atoms with Crippen LogP contribution in [0.25, 0.3) is 10.8 Å². The molecule has 0 unspecified atom stereocenters. The summed E-state index contributed by atoms with van der Waals surface area (Å²) in [7, 11) is 0. The van der Waals surface area contributed by atoms with E-state index in [2.05, 4.69) is 10.4 Å². The Hall–Kier alpha value is -2.70. The highest BCUT2D eigenvalue weighted by Crippen LogP contribution is 2.17. The lowest BCUT2D eigenvalue weighted by atomic mass is 9.98. The summed E-state index contributed by atoms with van der Waals surface area (Å²) < 4.78 is 1.33. The second-order valence-corrected chi connectivity index (χ2v) is 7.51. The van der Waals surface area contributed by atoms with Crippen LogP contribution in [0.5, 0.6) is 0 Å². The lowest BCUT2D eigenvalue weighted by molar-refractivity contribution is -0.137. The summed E-state index contributed by atoms with van der Waals surface area (Å²) in [4.78, 5) is 36.2. The summed E-state index contributed by atoms with van der Waals surface area (Å²) in [5.74, 6) is -1.14. The summed E-state index contributed by atoms with van der Waals surface area (Å²) >= 11 is 0. The Balaban J connectivity index is 2.44. The Morgan fingerprint density at radius 3 is 2.42 bits per heavy atom. The van der Waals surface area contributed by atoms with Crippen molar-refractivity contribution in [2.45, 2.75) is 52.6 Å². The molecule has 1 heterocycles. The molecule has 7 nitrogen and oxygen atoms in total. The molecule has 0 bridgehead atoms. The van der Waals surface area contributed by atoms with Gasteiger partial charge in [0.25, 0.3) is 11.5 Å². The van der Waals surface area contributed by atoms with Crippen molar-refractivity contribution in [3.63, 3.8) is 0 Å². The molecule has 0 saturated carbocycles. The number of benzene rings is 1. The van der Waals surface area contributed by atoms with Gasteiger partial charge in [0, 0.05) is 23.9 Å². The molecule has 2 aromatic rings. The predicted molar refractivity (Wildman–Crippen MR) is 99.3 cm³/mol. The number of carboxylic acid groups (broad SMARTS) is 1. The average Bonchev–Trinajstić information content (AvgIpc) is 2.55. The van der Waals surface area contributed by atoms with Crippen LogP contribution in [0.4, 0.5) is 0 Å². The van der Waals surface area contributed by atoms with Crippen LogP contribution in [0.2, 0.25) is 0 Å². The first kappa shape index (κ1) is 19.6. The normalized spacial score (nSPS) is 11.7. The molecular weight excluding hydrogens is 334 g/mol. The molecular formula is C19H25N3O4. The maximum Gasteiger partial charge on any atom is 0.303 e. The van der Waals surface area contributed by atoms with E-state index in [9.17, 15) is 14.4 Å². The fourth-order valence-electron chi connectivity index (χ4n) is 2.72. The number of nitrogens with one attached hydrogen (secondary N) is 1. The zero-order chi connectivity index (χ0) is 19.5. The minimum atomic E-state index is -0.915. The second kappa shape index (κ2) is 7.68. The Labute approximate surface area is 152 Å². The minimum absolute atomic E-state index is 0.0473. The van der Waals surface area contributed by atoms with E-state index in [1.807, 2.05) is 13.8 Å². The lowest BCUT2D eigenvalue weighted by Crippen LogP contribution is -2.44. The molecule has 26 heavy (non-hydrogen) atoms. The van der Waals surface area contributed by atoms with Gasteiger partial charge in [-0.25, -0.2) is 4.68 Å². The van der Waals surface area contributed by atoms with E-state index in [-0.39, 0.29) is 30.0 Å². The summed E-state index contributed by atoms with van der Waals surface area (Å²) in [5.41, 5.74) is -0.766. The number of nitrogens with zero attached hydrogens (tertiary/aromatic N) is 2. The van der Waals surface area contributed by atoms with Gasteiger partial charge >= 0.3 is 5.97 Å². The number of carbonyl (C=O) groups is 2. The zero-order valence-corrected chi connectivity index (χ0v) is 15.6. The van der Waals surface area contributed by atoms with E-state index in [1.165, 1.54) is 4.68 Å². The molecule has 0 atom stereocenters. The van der Waals surface area contributed by atoms with Gasteiger partial charge in [0.2, 0.25) is 0 Å². The van der Waals surface area contributed by atoms with Gasteiger partial charge < -0.3 is 10.4 Å². The van der Waals surface area contributed by atoms with Crippen LogP contribution in [0, 0.1) is 5.92 Å². The van der Waals surface area contributed by atoms with E-state index in [0.29, 0.717) is 17.3 Å². The number of aliphatic carboxylic acids is 1. The quantitative estimate of drug-likeness (QED) is 0.790. The van der Waals surface area contributed by atoms with Gasteiger partial charge in [-0.1, -0.05) is 32.0 Å². The Bertz CT molecular complexity index is 884. The van der Waals surface area contributed by atoms with Crippen molar-refractivity contribution in [3.05, 3.63) is 40.3 Å². The average molecular weight is 359 g/mol. The molecule has 0 aliphatic carbocycles. The van der Waals surface area contributed by atoms with Gasteiger partial charge in [-0.15, -0.1) is 0 Å². The Kier molecular flexibility index (Phi) is 5.79. The van der Waals surface area contributed by atoms with Gasteiger partial charge in [-0.3, -0.25) is 14.4 Å². The summed E-state index contributed by atoms with van der Waals surface area (Å²) in [5, 5.41) is 16.9. The molecule has 140 valence electrons.